The maximum absolute atomic E-state index is 14.6. The van der Waals surface area contributed by atoms with E-state index in [9.17, 15) is 28.5 Å². The maximum atomic E-state index is 14.6. The molecule has 4 unspecified atom stereocenters. The number of hydrogen-bond acceptors (Lipinski definition) is 4. The monoisotopic (exact) mass is 574 g/mol. The van der Waals surface area contributed by atoms with Crippen LogP contribution >= 0.6 is 22.6 Å². The molecule has 0 spiro atoms. The van der Waals surface area contributed by atoms with E-state index in [4.69, 9.17) is 0 Å². The summed E-state index contributed by atoms with van der Waals surface area (Å²) < 4.78 is 43.6. The molecule has 9 heteroatoms. The van der Waals surface area contributed by atoms with Crippen molar-refractivity contribution < 1.29 is 28.5 Å². The summed E-state index contributed by atoms with van der Waals surface area (Å²) in [4.78, 5) is 0. The van der Waals surface area contributed by atoms with E-state index in [2.05, 4.69) is 5.10 Å². The number of alkyl halides is 4. The lowest BCUT2D eigenvalue weighted by Crippen LogP contribution is -2.55. The van der Waals surface area contributed by atoms with E-state index in [1.54, 1.807) is 57.9 Å². The molecule has 3 N–H and O–H groups in total. The van der Waals surface area contributed by atoms with Gasteiger partial charge in [0.2, 0.25) is 5.60 Å². The predicted octanol–water partition coefficient (Wildman–Crippen LogP) is 4.33. The number of benzene rings is 1. The minimum Gasteiger partial charge on any atom is -0.396 e. The van der Waals surface area contributed by atoms with E-state index in [0.717, 1.165) is 0 Å². The first-order valence-corrected chi connectivity index (χ1v) is 11.9. The Morgan fingerprint density at radius 3 is 2.64 bits per heavy atom. The highest BCUT2D eigenvalue weighted by Gasteiger charge is 2.73. The molecule has 2 aliphatic rings. The van der Waals surface area contributed by atoms with Gasteiger partial charge in [0, 0.05) is 24.3 Å². The third-order valence-electron chi connectivity index (χ3n) is 6.63. The van der Waals surface area contributed by atoms with Gasteiger partial charge in [-0.05, 0) is 35.5 Å². The Bertz CT molecular complexity index is 1100. The first-order chi connectivity index (χ1) is 15.6. The van der Waals surface area contributed by atoms with Crippen molar-refractivity contribution in [2.45, 2.75) is 47.4 Å². The lowest BCUT2D eigenvalue weighted by molar-refractivity contribution is -0.269. The first kappa shape index (κ1) is 24.4. The molecular weight excluding hydrogens is 548 g/mol. The van der Waals surface area contributed by atoms with Crippen molar-refractivity contribution in [3.05, 3.63) is 71.1 Å². The van der Waals surface area contributed by atoms with Gasteiger partial charge in [0.25, 0.3) is 0 Å². The standard InChI is InChI=1S/C24H26F3IN2O3/c1-15(14-32)6-7-16-10-19(17-12-29-30(13-17)8-9-31)21-18-4-2-3-5-20(18)23(33,24(25,26)27)22(21,28)11-16/h2-5,10-13,15,21,31-33H,6-9,14H2,1H3. The number of aromatic nitrogens is 2. The molecule has 0 saturated heterocycles. The fraction of sp³-hybridized carbons (Fsp3) is 0.458. The van der Waals surface area contributed by atoms with Crippen LogP contribution in [0.5, 0.6) is 0 Å². The Kier molecular flexibility index (Phi) is 6.54. The molecule has 1 aromatic carbocycles. The van der Waals surface area contributed by atoms with Crippen LogP contribution in [0.15, 0.2) is 54.4 Å². The van der Waals surface area contributed by atoms with Gasteiger partial charge in [-0.1, -0.05) is 71.5 Å². The van der Waals surface area contributed by atoms with Crippen LogP contribution in [0.25, 0.3) is 5.57 Å². The topological polar surface area (TPSA) is 78.5 Å². The molecule has 2 aliphatic carbocycles. The predicted molar refractivity (Wildman–Crippen MR) is 127 cm³/mol. The van der Waals surface area contributed by atoms with Gasteiger partial charge < -0.3 is 15.3 Å². The van der Waals surface area contributed by atoms with E-state index >= 15 is 0 Å². The van der Waals surface area contributed by atoms with Gasteiger partial charge in [0.05, 0.1) is 22.8 Å². The number of fused-ring (bicyclic) bond motifs is 3. The Labute approximate surface area is 203 Å². The smallest absolute Gasteiger partial charge is 0.396 e. The second kappa shape index (κ2) is 8.83. The fourth-order valence-electron chi connectivity index (χ4n) is 4.90. The van der Waals surface area contributed by atoms with Crippen molar-refractivity contribution in [2.75, 3.05) is 13.2 Å². The van der Waals surface area contributed by atoms with Crippen molar-refractivity contribution in [2.24, 2.45) is 5.92 Å². The van der Waals surface area contributed by atoms with Crippen LogP contribution in [-0.4, -0.2) is 47.9 Å². The number of hydrogen-bond donors (Lipinski definition) is 3. The molecule has 4 atom stereocenters. The summed E-state index contributed by atoms with van der Waals surface area (Å²) in [7, 11) is 0. The number of aliphatic hydroxyl groups excluding tert-OH is 2. The largest absolute Gasteiger partial charge is 0.423 e. The lowest BCUT2D eigenvalue weighted by Gasteiger charge is -2.43. The average Bonchev–Trinajstić information content (AvgIpc) is 3.31. The van der Waals surface area contributed by atoms with Crippen LogP contribution < -0.4 is 0 Å². The SMILES string of the molecule is CC(CO)CCC1=CC2(I)C(C(c3cnn(CCO)c3)=C1)c1ccccc1C2(O)C(F)(F)F. The molecule has 0 amide bonds. The molecule has 1 heterocycles. The minimum absolute atomic E-state index is 0.000198. The minimum atomic E-state index is -4.90. The molecule has 0 fully saturated rings. The Balaban J connectivity index is 1.91. The Morgan fingerprint density at radius 1 is 1.24 bits per heavy atom. The van der Waals surface area contributed by atoms with Crippen molar-refractivity contribution in [3.8, 4) is 0 Å². The van der Waals surface area contributed by atoms with Crippen LogP contribution in [0.2, 0.25) is 0 Å². The van der Waals surface area contributed by atoms with Crippen molar-refractivity contribution in [1.29, 1.82) is 0 Å². The lowest BCUT2D eigenvalue weighted by atomic mass is 9.72. The average molecular weight is 574 g/mol. The molecule has 178 valence electrons. The molecule has 0 bridgehead atoms. The summed E-state index contributed by atoms with van der Waals surface area (Å²) in [6, 6.07) is 6.21. The summed E-state index contributed by atoms with van der Waals surface area (Å²) in [5.74, 6) is -0.744. The second-order valence-electron chi connectivity index (χ2n) is 8.86. The van der Waals surface area contributed by atoms with Gasteiger partial charge in [-0.25, -0.2) is 0 Å². The van der Waals surface area contributed by atoms with E-state index in [1.165, 1.54) is 12.1 Å². The molecular formula is C24H26F3IN2O3. The van der Waals surface area contributed by atoms with Crippen molar-refractivity contribution in [3.63, 3.8) is 0 Å². The number of rotatable bonds is 7. The zero-order chi connectivity index (χ0) is 24.0. The molecule has 2 aromatic rings. The highest BCUT2D eigenvalue weighted by molar-refractivity contribution is 14.1. The summed E-state index contributed by atoms with van der Waals surface area (Å²) in [6.45, 7) is 2.04. The van der Waals surface area contributed by atoms with Gasteiger partial charge in [0.1, 0.15) is 0 Å². The van der Waals surface area contributed by atoms with E-state index in [1.807, 2.05) is 13.0 Å². The molecule has 33 heavy (non-hydrogen) atoms. The van der Waals surface area contributed by atoms with Gasteiger partial charge >= 0.3 is 6.18 Å². The van der Waals surface area contributed by atoms with Crippen LogP contribution in [0.3, 0.4) is 0 Å². The highest BCUT2D eigenvalue weighted by atomic mass is 127. The number of halogens is 4. The quantitative estimate of drug-likeness (QED) is 0.340. The zero-order valence-corrected chi connectivity index (χ0v) is 20.2. The van der Waals surface area contributed by atoms with Crippen LogP contribution in [0.4, 0.5) is 13.2 Å². The Hall–Kier alpha value is -1.69. The zero-order valence-electron chi connectivity index (χ0n) is 18.1. The normalized spacial score (nSPS) is 27.6. The van der Waals surface area contributed by atoms with Crippen LogP contribution in [-0.2, 0) is 12.1 Å². The molecule has 0 saturated carbocycles. The number of nitrogens with zero attached hydrogens (tertiary/aromatic N) is 2. The summed E-state index contributed by atoms with van der Waals surface area (Å²) in [6.07, 6.45) is 2.94. The summed E-state index contributed by atoms with van der Waals surface area (Å²) in [5, 5.41) is 34.3. The van der Waals surface area contributed by atoms with Crippen LogP contribution in [0, 0.1) is 5.92 Å². The van der Waals surface area contributed by atoms with Crippen molar-refractivity contribution >= 4 is 28.2 Å². The molecule has 0 aliphatic heterocycles. The fourth-order valence-corrected chi connectivity index (χ4v) is 6.57. The van der Waals surface area contributed by atoms with Crippen LogP contribution in [0.1, 0.15) is 42.4 Å². The number of aliphatic hydroxyl groups is 3. The highest BCUT2D eigenvalue weighted by Crippen LogP contribution is 2.67. The summed E-state index contributed by atoms with van der Waals surface area (Å²) in [5.41, 5.74) is -0.789. The van der Waals surface area contributed by atoms with Crippen molar-refractivity contribution in [1.82, 2.24) is 9.78 Å². The molecule has 1 aromatic heterocycles. The third kappa shape index (κ3) is 3.86. The van der Waals surface area contributed by atoms with Gasteiger partial charge in [-0.15, -0.1) is 0 Å². The van der Waals surface area contributed by atoms with Gasteiger partial charge in [-0.3, -0.25) is 4.68 Å². The van der Waals surface area contributed by atoms with E-state index in [0.29, 0.717) is 35.1 Å². The van der Waals surface area contributed by atoms with E-state index in [-0.39, 0.29) is 31.2 Å². The first-order valence-electron chi connectivity index (χ1n) is 10.8. The summed E-state index contributed by atoms with van der Waals surface area (Å²) >= 11 is 1.79. The molecule has 0 radical (unpaired) electrons. The molecule has 4 rings (SSSR count). The van der Waals surface area contributed by atoms with Gasteiger partial charge in [-0.2, -0.15) is 18.3 Å². The second-order valence-corrected chi connectivity index (χ2v) is 10.6. The number of allylic oxidation sites excluding steroid dienone is 3. The van der Waals surface area contributed by atoms with E-state index < -0.39 is 21.1 Å². The molecule has 5 nitrogen and oxygen atoms in total. The third-order valence-corrected chi connectivity index (χ3v) is 8.34. The Morgan fingerprint density at radius 2 is 1.97 bits per heavy atom. The van der Waals surface area contributed by atoms with Gasteiger partial charge in [0.15, 0.2) is 0 Å². The maximum Gasteiger partial charge on any atom is 0.423 e.